The highest BCUT2D eigenvalue weighted by Crippen LogP contribution is 2.43. The van der Waals surface area contributed by atoms with Gasteiger partial charge >= 0.3 is 5.97 Å². The number of esters is 1. The molecular formula is C26H23N3O5. The first-order chi connectivity index (χ1) is 16.5. The molecule has 0 saturated carbocycles. The van der Waals surface area contributed by atoms with Crippen LogP contribution in [0.4, 0.5) is 5.95 Å². The third-order valence-electron chi connectivity index (χ3n) is 6.01. The Balaban J connectivity index is 1.76. The number of anilines is 1. The van der Waals surface area contributed by atoms with E-state index in [1.807, 2.05) is 59.2 Å². The zero-order chi connectivity index (χ0) is 23.8. The molecule has 0 radical (unpaired) electrons. The van der Waals surface area contributed by atoms with Gasteiger partial charge in [-0.1, -0.05) is 48.5 Å². The number of ether oxygens (including phenoxy) is 1. The molecule has 1 aliphatic rings. The fraction of sp³-hybridized carbons (Fsp3) is 0.192. The molecule has 1 amide bonds. The highest BCUT2D eigenvalue weighted by molar-refractivity contribution is 6.08. The van der Waals surface area contributed by atoms with Crippen LogP contribution >= 0.6 is 0 Å². The lowest BCUT2D eigenvalue weighted by Crippen LogP contribution is -2.49. The molecule has 5 rings (SSSR count). The first kappa shape index (κ1) is 21.5. The van der Waals surface area contributed by atoms with E-state index in [4.69, 9.17) is 9.72 Å². The van der Waals surface area contributed by atoms with Gasteiger partial charge < -0.3 is 19.5 Å². The number of benzene rings is 3. The molecule has 8 nitrogen and oxygen atoms in total. The Bertz CT molecular complexity index is 1380. The first-order valence-electron chi connectivity index (χ1n) is 11.0. The maximum atomic E-state index is 13.9. The minimum Gasteiger partial charge on any atom is -0.504 e. The summed E-state index contributed by atoms with van der Waals surface area (Å²) in [5, 5.41) is 20.0. The number of carbonyl (C=O) groups excluding carboxylic acids is 2. The minimum atomic E-state index is -1.21. The van der Waals surface area contributed by atoms with Crippen molar-refractivity contribution >= 4 is 28.9 Å². The SMILES string of the molecule is CCOC(=O)[C@@H]1C(=O)N(Cc2ccccc2)c2nc3ccccc3n2[C@H]1c1ccc(O)c(O)c1. The maximum Gasteiger partial charge on any atom is 0.321 e. The number of fused-ring (bicyclic) bond motifs is 3. The van der Waals surface area contributed by atoms with Gasteiger partial charge in [-0.2, -0.15) is 0 Å². The predicted molar refractivity (Wildman–Crippen MR) is 125 cm³/mol. The smallest absolute Gasteiger partial charge is 0.321 e. The highest BCUT2D eigenvalue weighted by Gasteiger charge is 2.48. The average molecular weight is 457 g/mol. The molecule has 3 aromatic carbocycles. The summed E-state index contributed by atoms with van der Waals surface area (Å²) < 4.78 is 7.17. The second kappa shape index (κ2) is 8.55. The van der Waals surface area contributed by atoms with Gasteiger partial charge in [-0.3, -0.25) is 14.5 Å². The van der Waals surface area contributed by atoms with Gasteiger partial charge in [-0.15, -0.1) is 0 Å². The molecule has 0 fully saturated rings. The van der Waals surface area contributed by atoms with Crippen LogP contribution in [0.3, 0.4) is 0 Å². The quantitative estimate of drug-likeness (QED) is 0.269. The van der Waals surface area contributed by atoms with Crippen molar-refractivity contribution in [2.75, 3.05) is 11.5 Å². The molecule has 0 saturated heterocycles. The summed E-state index contributed by atoms with van der Waals surface area (Å²) >= 11 is 0. The van der Waals surface area contributed by atoms with Gasteiger partial charge in [0.25, 0.3) is 0 Å². The highest BCUT2D eigenvalue weighted by atomic mass is 16.5. The molecule has 8 heteroatoms. The topological polar surface area (TPSA) is 105 Å². The van der Waals surface area contributed by atoms with E-state index in [9.17, 15) is 19.8 Å². The molecule has 0 aliphatic carbocycles. The normalized spacial score (nSPS) is 17.6. The van der Waals surface area contributed by atoms with Crippen molar-refractivity contribution < 1.29 is 24.5 Å². The zero-order valence-corrected chi connectivity index (χ0v) is 18.5. The van der Waals surface area contributed by atoms with Gasteiger partial charge in [0.15, 0.2) is 17.4 Å². The third kappa shape index (κ3) is 3.53. The summed E-state index contributed by atoms with van der Waals surface area (Å²) in [5.74, 6) is -2.55. The van der Waals surface area contributed by atoms with E-state index < -0.39 is 23.8 Å². The van der Waals surface area contributed by atoms with E-state index >= 15 is 0 Å². The molecule has 0 unspecified atom stereocenters. The van der Waals surface area contributed by atoms with Crippen LogP contribution in [0.15, 0.2) is 72.8 Å². The van der Waals surface area contributed by atoms with Crippen LogP contribution in [-0.2, 0) is 20.9 Å². The summed E-state index contributed by atoms with van der Waals surface area (Å²) in [7, 11) is 0. The molecule has 172 valence electrons. The van der Waals surface area contributed by atoms with Gasteiger partial charge in [0.2, 0.25) is 11.9 Å². The lowest BCUT2D eigenvalue weighted by atomic mass is 9.89. The third-order valence-corrected chi connectivity index (χ3v) is 6.01. The number of rotatable bonds is 5. The fourth-order valence-electron chi connectivity index (χ4n) is 4.49. The first-order valence-corrected chi connectivity index (χ1v) is 11.0. The number of carbonyl (C=O) groups is 2. The van der Waals surface area contributed by atoms with Gasteiger partial charge in [0.05, 0.1) is 30.2 Å². The molecule has 2 heterocycles. The molecule has 0 bridgehead atoms. The van der Waals surface area contributed by atoms with E-state index in [0.717, 1.165) is 11.1 Å². The predicted octanol–water partition coefficient (Wildman–Crippen LogP) is 3.76. The fourth-order valence-corrected chi connectivity index (χ4v) is 4.49. The van der Waals surface area contributed by atoms with Gasteiger partial charge in [0, 0.05) is 0 Å². The second-order valence-corrected chi connectivity index (χ2v) is 8.10. The minimum absolute atomic E-state index is 0.117. The van der Waals surface area contributed by atoms with Crippen LogP contribution in [0, 0.1) is 5.92 Å². The number of hydrogen-bond donors (Lipinski definition) is 2. The number of nitrogens with zero attached hydrogens (tertiary/aromatic N) is 3. The van der Waals surface area contributed by atoms with Crippen LogP contribution < -0.4 is 4.90 Å². The molecule has 34 heavy (non-hydrogen) atoms. The van der Waals surface area contributed by atoms with Gasteiger partial charge in [-0.25, -0.2) is 4.98 Å². The Kier molecular flexibility index (Phi) is 5.41. The number of phenolic OH excluding ortho intramolecular Hbond substituents is 2. The molecule has 1 aromatic heterocycles. The van der Waals surface area contributed by atoms with E-state index in [0.29, 0.717) is 17.0 Å². The second-order valence-electron chi connectivity index (χ2n) is 8.10. The summed E-state index contributed by atoms with van der Waals surface area (Å²) in [6.45, 7) is 2.03. The number of hydrogen-bond acceptors (Lipinski definition) is 6. The lowest BCUT2D eigenvalue weighted by molar-refractivity contribution is -0.153. The molecule has 2 atom stereocenters. The number of aromatic nitrogens is 2. The van der Waals surface area contributed by atoms with Crippen molar-refractivity contribution in [3.8, 4) is 11.5 Å². The Morgan fingerprint density at radius 3 is 2.47 bits per heavy atom. The monoisotopic (exact) mass is 457 g/mol. The van der Waals surface area contributed by atoms with Crippen molar-refractivity contribution in [1.82, 2.24) is 9.55 Å². The van der Waals surface area contributed by atoms with Crippen molar-refractivity contribution in [3.63, 3.8) is 0 Å². The van der Waals surface area contributed by atoms with E-state index in [1.54, 1.807) is 13.0 Å². The van der Waals surface area contributed by atoms with Crippen molar-refractivity contribution in [2.24, 2.45) is 5.92 Å². The lowest BCUT2D eigenvalue weighted by Gasteiger charge is -2.38. The summed E-state index contributed by atoms with van der Waals surface area (Å²) in [6.07, 6.45) is 0. The molecule has 4 aromatic rings. The number of aromatic hydroxyl groups is 2. The van der Waals surface area contributed by atoms with Crippen LogP contribution in [0.1, 0.15) is 24.1 Å². The van der Waals surface area contributed by atoms with E-state index in [2.05, 4.69) is 0 Å². The Labute approximate surface area is 195 Å². The number of imidazole rings is 1. The molecule has 2 N–H and O–H groups in total. The average Bonchev–Trinajstić information content (AvgIpc) is 3.22. The standard InChI is InChI=1S/C26H23N3O5/c1-2-34-25(33)22-23(17-12-13-20(30)21(31)14-17)29-19-11-7-6-10-18(19)27-26(29)28(24(22)32)15-16-8-4-3-5-9-16/h3-14,22-23,30-31H,2,15H2,1H3/t22-,23-/m0/s1. The van der Waals surface area contributed by atoms with E-state index in [-0.39, 0.29) is 24.7 Å². The Morgan fingerprint density at radius 1 is 1.00 bits per heavy atom. The maximum absolute atomic E-state index is 13.9. The van der Waals surface area contributed by atoms with Crippen LogP contribution in [0.25, 0.3) is 11.0 Å². The molecular weight excluding hydrogens is 434 g/mol. The van der Waals surface area contributed by atoms with E-state index in [1.165, 1.54) is 17.0 Å². The van der Waals surface area contributed by atoms with Crippen LogP contribution in [0.2, 0.25) is 0 Å². The zero-order valence-electron chi connectivity index (χ0n) is 18.5. The summed E-state index contributed by atoms with van der Waals surface area (Å²) in [4.78, 5) is 33.3. The number of para-hydroxylation sites is 2. The van der Waals surface area contributed by atoms with Crippen LogP contribution in [0.5, 0.6) is 11.5 Å². The summed E-state index contributed by atoms with van der Waals surface area (Å²) in [5.41, 5.74) is 2.76. The van der Waals surface area contributed by atoms with Crippen LogP contribution in [-0.4, -0.2) is 38.2 Å². The summed E-state index contributed by atoms with van der Waals surface area (Å²) in [6, 6.07) is 20.4. The van der Waals surface area contributed by atoms with Crippen molar-refractivity contribution in [1.29, 1.82) is 0 Å². The Hall–Kier alpha value is -4.33. The Morgan fingerprint density at radius 2 is 1.74 bits per heavy atom. The largest absolute Gasteiger partial charge is 0.504 e. The number of amides is 1. The molecule has 0 spiro atoms. The van der Waals surface area contributed by atoms with Crippen molar-refractivity contribution in [2.45, 2.75) is 19.5 Å². The number of phenols is 2. The van der Waals surface area contributed by atoms with Gasteiger partial charge in [-0.05, 0) is 42.3 Å². The van der Waals surface area contributed by atoms with Gasteiger partial charge in [0.1, 0.15) is 0 Å². The van der Waals surface area contributed by atoms with Crippen molar-refractivity contribution in [3.05, 3.63) is 83.9 Å². The molecule has 1 aliphatic heterocycles.